The van der Waals surface area contributed by atoms with E-state index in [0.717, 1.165) is 49.3 Å². The molecule has 3 saturated heterocycles. The molecule has 4 aliphatic rings. The summed E-state index contributed by atoms with van der Waals surface area (Å²) in [6.07, 6.45) is 3.80. The first kappa shape index (κ1) is 30.0. The molecule has 2 bridgehead atoms. The molecule has 234 valence electrons. The van der Waals surface area contributed by atoms with Crippen LogP contribution in [0.25, 0.3) is 16.7 Å². The van der Waals surface area contributed by atoms with Crippen molar-refractivity contribution in [1.82, 2.24) is 29.2 Å². The van der Waals surface area contributed by atoms with Crippen molar-refractivity contribution in [1.29, 1.82) is 0 Å². The third-order valence-electron chi connectivity index (χ3n) is 9.56. The average molecular weight is 607 g/mol. The van der Waals surface area contributed by atoms with Crippen LogP contribution in [0.3, 0.4) is 0 Å². The van der Waals surface area contributed by atoms with Crippen molar-refractivity contribution in [3.8, 4) is 5.69 Å². The van der Waals surface area contributed by atoms with Gasteiger partial charge in [-0.15, -0.1) is 0 Å². The molecule has 1 atom stereocenters. The second-order valence-electron chi connectivity index (χ2n) is 13.4. The monoisotopic (exact) mass is 606 g/mol. The molecule has 1 saturated carbocycles. The molecule has 5 heterocycles. The van der Waals surface area contributed by atoms with Gasteiger partial charge in [-0.1, -0.05) is 6.07 Å². The van der Waals surface area contributed by atoms with Gasteiger partial charge < -0.3 is 20.2 Å². The van der Waals surface area contributed by atoms with Gasteiger partial charge in [-0.2, -0.15) is 0 Å². The zero-order valence-electron chi connectivity index (χ0n) is 25.3. The van der Waals surface area contributed by atoms with Crippen LogP contribution in [0.15, 0.2) is 46.1 Å². The minimum Gasteiger partial charge on any atom is -0.465 e. The molecule has 12 heteroatoms. The van der Waals surface area contributed by atoms with Crippen LogP contribution in [0, 0.1) is 11.7 Å². The number of hydrogen-bond donors (Lipinski definition) is 2. The second-order valence-corrected chi connectivity index (χ2v) is 13.4. The molecule has 44 heavy (non-hydrogen) atoms. The molecule has 0 spiro atoms. The number of carbonyl (C=O) groups is 2. The highest BCUT2D eigenvalue weighted by atomic mass is 19.1. The number of benzene rings is 1. The highest BCUT2D eigenvalue weighted by Crippen LogP contribution is 2.33. The summed E-state index contributed by atoms with van der Waals surface area (Å²) in [4.78, 5) is 61.2. The van der Waals surface area contributed by atoms with E-state index in [4.69, 9.17) is 0 Å². The molecule has 3 aliphatic heterocycles. The summed E-state index contributed by atoms with van der Waals surface area (Å²) in [6.45, 7) is 8.46. The quantitative estimate of drug-likeness (QED) is 0.452. The van der Waals surface area contributed by atoms with E-state index in [1.165, 1.54) is 9.47 Å². The predicted molar refractivity (Wildman–Crippen MR) is 163 cm³/mol. The Hall–Kier alpha value is -4.06. The van der Waals surface area contributed by atoms with Crippen LogP contribution in [0.2, 0.25) is 0 Å². The van der Waals surface area contributed by atoms with Crippen molar-refractivity contribution in [2.24, 2.45) is 5.92 Å². The first-order chi connectivity index (χ1) is 20.9. The van der Waals surface area contributed by atoms with Gasteiger partial charge in [0.05, 0.1) is 17.3 Å². The number of halogens is 1. The second kappa shape index (κ2) is 11.5. The summed E-state index contributed by atoms with van der Waals surface area (Å²) in [5, 5.41) is 13.0. The summed E-state index contributed by atoms with van der Waals surface area (Å²) in [6, 6.07) is 7.00. The lowest BCUT2D eigenvalue weighted by molar-refractivity contribution is 0.0506. The molecule has 11 nitrogen and oxygen atoms in total. The topological polar surface area (TPSA) is 130 Å². The van der Waals surface area contributed by atoms with E-state index < -0.39 is 34.7 Å². The minimum atomic E-state index is -1.01. The van der Waals surface area contributed by atoms with E-state index in [1.807, 2.05) is 20.8 Å². The van der Waals surface area contributed by atoms with Gasteiger partial charge in [0, 0.05) is 35.8 Å². The first-order valence-corrected chi connectivity index (χ1v) is 15.4. The Morgan fingerprint density at radius 3 is 2.36 bits per heavy atom. The van der Waals surface area contributed by atoms with Gasteiger partial charge in [0.15, 0.2) is 5.65 Å². The largest absolute Gasteiger partial charge is 0.465 e. The summed E-state index contributed by atoms with van der Waals surface area (Å²) < 4.78 is 16.8. The van der Waals surface area contributed by atoms with Crippen LogP contribution in [0.4, 0.5) is 9.18 Å². The zero-order valence-corrected chi connectivity index (χ0v) is 25.3. The Bertz CT molecular complexity index is 1710. The number of piperidine rings is 3. The van der Waals surface area contributed by atoms with Gasteiger partial charge in [0.25, 0.3) is 11.5 Å². The Balaban J connectivity index is 1.35. The van der Waals surface area contributed by atoms with Gasteiger partial charge >= 0.3 is 11.8 Å². The van der Waals surface area contributed by atoms with Crippen LogP contribution in [0.5, 0.6) is 0 Å². The van der Waals surface area contributed by atoms with Crippen molar-refractivity contribution < 1.29 is 19.1 Å². The van der Waals surface area contributed by atoms with Crippen molar-refractivity contribution >= 4 is 23.0 Å². The molecule has 3 aromatic rings. The Morgan fingerprint density at radius 2 is 1.75 bits per heavy atom. The highest BCUT2D eigenvalue weighted by molar-refractivity contribution is 5.95. The molecular formula is C32H39FN6O5. The van der Waals surface area contributed by atoms with E-state index >= 15 is 0 Å². The van der Waals surface area contributed by atoms with E-state index in [-0.39, 0.29) is 29.0 Å². The first-order valence-electron chi connectivity index (χ1n) is 15.4. The number of fused-ring (bicyclic) bond motifs is 4. The summed E-state index contributed by atoms with van der Waals surface area (Å²) in [5.74, 6) is -0.499. The lowest BCUT2D eigenvalue weighted by atomic mass is 9.84. The van der Waals surface area contributed by atoms with Gasteiger partial charge in [-0.3, -0.25) is 14.2 Å². The van der Waals surface area contributed by atoms with Gasteiger partial charge in [-0.05, 0) is 103 Å². The smallest absolute Gasteiger partial charge is 0.407 e. The van der Waals surface area contributed by atoms with Crippen LogP contribution < -0.4 is 16.6 Å². The minimum absolute atomic E-state index is 0.00562. The number of rotatable bonds is 5. The molecule has 4 fully saturated rings. The standard InChI is InChI=1S/C32H39FN6O5/c1-32(2,3)39(31(43)44)23-9-7-22(8-10-23)38-29(41)25-16-21(33)17-34-27(25)37(30(38)42)24-6-4-5-20(15-24)28(40)35-26-18-36-13-11-19(26)12-14-36/h4-6,15-17,19,22-23,26H,7-14,18H2,1-3H3,(H,35,40)(H,43,44). The van der Waals surface area contributed by atoms with E-state index in [2.05, 4.69) is 15.2 Å². The maximum Gasteiger partial charge on any atom is 0.407 e. The van der Waals surface area contributed by atoms with Crippen LogP contribution in [-0.4, -0.2) is 78.3 Å². The van der Waals surface area contributed by atoms with Crippen molar-refractivity contribution in [3.63, 3.8) is 0 Å². The number of carbonyl (C=O) groups excluding carboxylic acids is 1. The van der Waals surface area contributed by atoms with Gasteiger partial charge in [0.2, 0.25) is 0 Å². The fraction of sp³-hybridized carbons (Fsp3) is 0.531. The zero-order chi connectivity index (χ0) is 31.3. The van der Waals surface area contributed by atoms with Crippen LogP contribution in [-0.2, 0) is 0 Å². The summed E-state index contributed by atoms with van der Waals surface area (Å²) >= 11 is 0. The maximum atomic E-state index is 14.4. The normalized spacial score (nSPS) is 25.1. The Morgan fingerprint density at radius 1 is 1.05 bits per heavy atom. The fourth-order valence-corrected chi connectivity index (χ4v) is 7.47. The molecule has 2 amide bonds. The Labute approximate surface area is 254 Å². The lowest BCUT2D eigenvalue weighted by Crippen LogP contribution is -2.57. The molecule has 2 aromatic heterocycles. The molecule has 7 rings (SSSR count). The van der Waals surface area contributed by atoms with Crippen molar-refractivity contribution in [2.45, 2.75) is 83.0 Å². The number of aromatic nitrogens is 3. The number of amides is 2. The molecule has 1 unspecified atom stereocenters. The highest BCUT2D eigenvalue weighted by Gasteiger charge is 2.37. The Kier molecular flexibility index (Phi) is 7.81. The molecule has 1 aromatic carbocycles. The number of carboxylic acid groups (broad SMARTS) is 1. The van der Waals surface area contributed by atoms with Crippen LogP contribution >= 0.6 is 0 Å². The molecule has 1 aliphatic carbocycles. The third-order valence-corrected chi connectivity index (χ3v) is 9.56. The average Bonchev–Trinajstić information content (AvgIpc) is 2.98. The number of nitrogens with one attached hydrogen (secondary N) is 1. The lowest BCUT2D eigenvalue weighted by Gasteiger charge is -2.44. The third kappa shape index (κ3) is 5.51. The van der Waals surface area contributed by atoms with Gasteiger partial charge in [0.1, 0.15) is 5.82 Å². The van der Waals surface area contributed by atoms with E-state index in [9.17, 15) is 28.7 Å². The van der Waals surface area contributed by atoms with Crippen LogP contribution in [0.1, 0.15) is 75.7 Å². The van der Waals surface area contributed by atoms with Crippen molar-refractivity contribution in [3.05, 3.63) is 68.7 Å². The van der Waals surface area contributed by atoms with Crippen molar-refractivity contribution in [2.75, 3.05) is 19.6 Å². The molecule has 0 radical (unpaired) electrons. The predicted octanol–water partition coefficient (Wildman–Crippen LogP) is 3.77. The SMILES string of the molecule is CC(C)(C)N(C(=O)O)C1CCC(n2c(=O)c3cc(F)cnc3n(-c3cccc(C(=O)NC4CN5CCC4CC5)c3)c2=O)CC1. The fourth-order valence-electron chi connectivity index (χ4n) is 7.47. The number of hydrogen-bond acceptors (Lipinski definition) is 6. The van der Waals surface area contributed by atoms with E-state index in [0.29, 0.717) is 42.9 Å². The van der Waals surface area contributed by atoms with E-state index in [1.54, 1.807) is 24.3 Å². The molecule has 2 N–H and O–H groups in total. The van der Waals surface area contributed by atoms with Gasteiger partial charge in [-0.25, -0.2) is 23.5 Å². The number of pyridine rings is 1. The summed E-state index contributed by atoms with van der Waals surface area (Å²) in [5.41, 5.74) is -1.16. The molecular weight excluding hydrogens is 567 g/mol. The summed E-state index contributed by atoms with van der Waals surface area (Å²) in [7, 11) is 0. The number of nitrogens with zero attached hydrogens (tertiary/aromatic N) is 5. The maximum absolute atomic E-state index is 14.4.